The topological polar surface area (TPSA) is 37.8 Å². The fraction of sp³-hybridized carbons (Fsp3) is 0.846. The van der Waals surface area contributed by atoms with Crippen LogP contribution >= 0.6 is 11.3 Å². The number of rotatable bonds is 6. The van der Waals surface area contributed by atoms with E-state index in [4.69, 9.17) is 0 Å². The molecule has 1 aromatic rings. The lowest BCUT2D eigenvalue weighted by Crippen LogP contribution is -2.36. The monoisotopic (exact) mass is 255 g/mol. The van der Waals surface area contributed by atoms with Crippen molar-refractivity contribution in [1.29, 1.82) is 0 Å². The highest BCUT2D eigenvalue weighted by molar-refractivity contribution is 7.11. The van der Waals surface area contributed by atoms with E-state index < -0.39 is 0 Å². The minimum absolute atomic E-state index is 0.211. The average molecular weight is 255 g/mol. The van der Waals surface area contributed by atoms with Gasteiger partial charge >= 0.3 is 0 Å². The second-order valence-electron chi connectivity index (χ2n) is 5.62. The molecule has 0 aliphatic heterocycles. The highest BCUT2D eigenvalue weighted by Gasteiger charge is 2.11. The van der Waals surface area contributed by atoms with Crippen molar-refractivity contribution in [2.24, 2.45) is 0 Å². The molecule has 0 aromatic carbocycles. The highest BCUT2D eigenvalue weighted by Crippen LogP contribution is 2.22. The van der Waals surface area contributed by atoms with Crippen LogP contribution in [0.4, 0.5) is 0 Å². The fourth-order valence-electron chi connectivity index (χ4n) is 1.44. The number of aryl methyl sites for hydroxylation is 1. The third kappa shape index (κ3) is 5.59. The lowest BCUT2D eigenvalue weighted by Gasteiger charge is -2.20. The maximum absolute atomic E-state index is 4.26. The van der Waals surface area contributed by atoms with Gasteiger partial charge in [0.25, 0.3) is 0 Å². The Labute approximate surface area is 109 Å². The van der Waals surface area contributed by atoms with Crippen LogP contribution in [0.15, 0.2) is 0 Å². The molecule has 0 aliphatic rings. The molecule has 1 N–H and O–H groups in total. The predicted octanol–water partition coefficient (Wildman–Crippen LogP) is 3.37. The zero-order chi connectivity index (χ0) is 12.9. The Morgan fingerprint density at radius 1 is 1.29 bits per heavy atom. The fourth-order valence-corrected chi connectivity index (χ4v) is 2.46. The van der Waals surface area contributed by atoms with E-state index in [9.17, 15) is 0 Å². The van der Waals surface area contributed by atoms with Crippen molar-refractivity contribution in [2.75, 3.05) is 6.54 Å². The van der Waals surface area contributed by atoms with Crippen molar-refractivity contribution in [3.63, 3.8) is 0 Å². The molecule has 98 valence electrons. The molecular formula is C13H25N3S. The summed E-state index contributed by atoms with van der Waals surface area (Å²) in [6.45, 7) is 12.0. The van der Waals surface area contributed by atoms with Crippen LogP contribution in [0.2, 0.25) is 0 Å². The first-order valence-corrected chi connectivity index (χ1v) is 7.31. The molecule has 0 saturated heterocycles. The third-order valence-corrected chi connectivity index (χ3v) is 3.95. The predicted molar refractivity (Wildman–Crippen MR) is 74.7 cm³/mol. The Morgan fingerprint density at radius 2 is 2.00 bits per heavy atom. The molecule has 3 nitrogen and oxygen atoms in total. The van der Waals surface area contributed by atoms with Gasteiger partial charge in [-0.05, 0) is 40.2 Å². The minimum Gasteiger partial charge on any atom is -0.312 e. The van der Waals surface area contributed by atoms with Crippen molar-refractivity contribution in [3.8, 4) is 0 Å². The van der Waals surface area contributed by atoms with E-state index >= 15 is 0 Å². The minimum atomic E-state index is 0.211. The van der Waals surface area contributed by atoms with E-state index in [1.807, 2.05) is 0 Å². The number of hydrogen-bond acceptors (Lipinski definition) is 4. The zero-order valence-corrected chi connectivity index (χ0v) is 12.5. The first-order valence-electron chi connectivity index (χ1n) is 6.49. The normalized spacial score (nSPS) is 13.9. The summed E-state index contributed by atoms with van der Waals surface area (Å²) in [6.07, 6.45) is 3.31. The summed E-state index contributed by atoms with van der Waals surface area (Å²) < 4.78 is 0. The Hall–Kier alpha value is -0.480. The van der Waals surface area contributed by atoms with Crippen molar-refractivity contribution in [2.45, 2.75) is 65.3 Å². The number of hydrogen-bond donors (Lipinski definition) is 1. The van der Waals surface area contributed by atoms with Gasteiger partial charge in [0, 0.05) is 17.9 Å². The maximum Gasteiger partial charge on any atom is 0.120 e. The molecule has 1 unspecified atom stereocenters. The number of nitrogens with one attached hydrogen (secondary N) is 1. The molecule has 1 rings (SSSR count). The van der Waals surface area contributed by atoms with E-state index in [-0.39, 0.29) is 5.54 Å². The van der Waals surface area contributed by atoms with Gasteiger partial charge in [0.05, 0.1) is 0 Å². The van der Waals surface area contributed by atoms with Crippen molar-refractivity contribution < 1.29 is 0 Å². The van der Waals surface area contributed by atoms with Gasteiger partial charge in [0.1, 0.15) is 10.0 Å². The second-order valence-corrected chi connectivity index (χ2v) is 6.72. The molecule has 1 aromatic heterocycles. The van der Waals surface area contributed by atoms with Gasteiger partial charge in [-0.15, -0.1) is 21.5 Å². The summed E-state index contributed by atoms with van der Waals surface area (Å²) in [5.41, 5.74) is 0.211. The van der Waals surface area contributed by atoms with Gasteiger partial charge in [-0.25, -0.2) is 0 Å². The van der Waals surface area contributed by atoms with E-state index in [0.29, 0.717) is 5.92 Å². The Kier molecular flexibility index (Phi) is 5.53. The molecule has 1 atom stereocenters. The lowest BCUT2D eigenvalue weighted by atomic mass is 10.1. The van der Waals surface area contributed by atoms with Crippen LogP contribution < -0.4 is 5.32 Å². The highest BCUT2D eigenvalue weighted by atomic mass is 32.1. The van der Waals surface area contributed by atoms with Crippen molar-refractivity contribution in [1.82, 2.24) is 15.5 Å². The first-order chi connectivity index (χ1) is 7.92. The van der Waals surface area contributed by atoms with Gasteiger partial charge in [-0.3, -0.25) is 0 Å². The summed E-state index contributed by atoms with van der Waals surface area (Å²) in [7, 11) is 0. The van der Waals surface area contributed by atoms with Gasteiger partial charge in [0.15, 0.2) is 0 Å². The molecule has 4 heteroatoms. The molecule has 17 heavy (non-hydrogen) atoms. The summed E-state index contributed by atoms with van der Waals surface area (Å²) >= 11 is 1.77. The van der Waals surface area contributed by atoms with Crippen LogP contribution in [0.1, 0.15) is 63.4 Å². The average Bonchev–Trinajstić information content (AvgIpc) is 2.70. The van der Waals surface area contributed by atoms with Crippen LogP contribution in [0.3, 0.4) is 0 Å². The van der Waals surface area contributed by atoms with Gasteiger partial charge in [-0.1, -0.05) is 13.8 Å². The molecule has 0 spiro atoms. The SMILES string of the molecule is CCC(C)c1nnc(CCCNC(C)(C)C)s1. The van der Waals surface area contributed by atoms with Gasteiger partial charge in [0.2, 0.25) is 0 Å². The van der Waals surface area contributed by atoms with Crippen molar-refractivity contribution >= 4 is 11.3 Å². The Morgan fingerprint density at radius 3 is 2.59 bits per heavy atom. The summed E-state index contributed by atoms with van der Waals surface area (Å²) in [6, 6.07) is 0. The van der Waals surface area contributed by atoms with Crippen molar-refractivity contribution in [3.05, 3.63) is 10.0 Å². The molecule has 0 bridgehead atoms. The Balaban J connectivity index is 2.30. The van der Waals surface area contributed by atoms with E-state index in [2.05, 4.69) is 50.1 Å². The lowest BCUT2D eigenvalue weighted by molar-refractivity contribution is 0.422. The Bertz CT molecular complexity index is 328. The quantitative estimate of drug-likeness (QED) is 0.792. The van der Waals surface area contributed by atoms with Gasteiger partial charge in [-0.2, -0.15) is 0 Å². The van der Waals surface area contributed by atoms with Crippen LogP contribution in [0, 0.1) is 0 Å². The number of nitrogens with zero attached hydrogens (tertiary/aromatic N) is 2. The standard InChI is InChI=1S/C13H25N3S/c1-6-10(2)12-16-15-11(17-12)8-7-9-14-13(3,4)5/h10,14H,6-9H2,1-5H3. The second kappa shape index (κ2) is 6.45. The molecule has 0 amide bonds. The molecule has 1 heterocycles. The smallest absolute Gasteiger partial charge is 0.120 e. The van der Waals surface area contributed by atoms with Crippen LogP contribution in [-0.4, -0.2) is 22.3 Å². The van der Waals surface area contributed by atoms with Gasteiger partial charge < -0.3 is 5.32 Å². The molecular weight excluding hydrogens is 230 g/mol. The van der Waals surface area contributed by atoms with E-state index in [0.717, 1.165) is 25.8 Å². The summed E-state index contributed by atoms with van der Waals surface area (Å²) in [5.74, 6) is 0.550. The first kappa shape index (κ1) is 14.6. The molecule has 0 radical (unpaired) electrons. The zero-order valence-electron chi connectivity index (χ0n) is 11.7. The van der Waals surface area contributed by atoms with E-state index in [1.165, 1.54) is 10.0 Å². The largest absolute Gasteiger partial charge is 0.312 e. The van der Waals surface area contributed by atoms with Crippen LogP contribution in [0.25, 0.3) is 0 Å². The van der Waals surface area contributed by atoms with Crippen LogP contribution in [0.5, 0.6) is 0 Å². The third-order valence-electron chi connectivity index (χ3n) is 2.74. The summed E-state index contributed by atoms with van der Waals surface area (Å²) in [5, 5.41) is 14.4. The molecule has 0 saturated carbocycles. The molecule has 0 aliphatic carbocycles. The van der Waals surface area contributed by atoms with Crippen LogP contribution in [-0.2, 0) is 6.42 Å². The number of aromatic nitrogens is 2. The molecule has 0 fully saturated rings. The maximum atomic E-state index is 4.26. The van der Waals surface area contributed by atoms with E-state index in [1.54, 1.807) is 11.3 Å². The summed E-state index contributed by atoms with van der Waals surface area (Å²) in [4.78, 5) is 0.